The number of benzene rings is 1. The first kappa shape index (κ1) is 14.8. The fourth-order valence-corrected chi connectivity index (χ4v) is 3.05. The molecular formula is C15H22FN3O. The highest BCUT2D eigenvalue weighted by Crippen LogP contribution is 2.36. The number of anilines is 1. The van der Waals surface area contributed by atoms with E-state index in [4.69, 9.17) is 11.5 Å². The molecule has 1 aromatic rings. The Bertz CT molecular complexity index is 506. The van der Waals surface area contributed by atoms with Crippen LogP contribution >= 0.6 is 0 Å². The largest absolute Gasteiger partial charge is 0.377 e. The van der Waals surface area contributed by atoms with E-state index in [9.17, 15) is 9.18 Å². The van der Waals surface area contributed by atoms with Crippen molar-refractivity contribution in [3.05, 3.63) is 29.6 Å². The Labute approximate surface area is 118 Å². The highest BCUT2D eigenvalue weighted by Gasteiger charge is 2.37. The van der Waals surface area contributed by atoms with Crippen LogP contribution < -0.4 is 16.8 Å². The van der Waals surface area contributed by atoms with Crippen LogP contribution in [0.15, 0.2) is 18.2 Å². The standard InChI is InChI=1S/C15H22FN3O/c1-10-4-2-3-7-15(10,9-17)19-13-6-5-11(16)8-12(13)14(18)20/h5-6,8,10,19H,2-4,7,9,17H2,1H3,(H2,18,20). The van der Waals surface area contributed by atoms with Crippen LogP contribution in [0.25, 0.3) is 0 Å². The van der Waals surface area contributed by atoms with Crippen molar-refractivity contribution < 1.29 is 9.18 Å². The molecule has 1 fully saturated rings. The van der Waals surface area contributed by atoms with Gasteiger partial charge in [0.2, 0.25) is 0 Å². The zero-order valence-corrected chi connectivity index (χ0v) is 11.8. The van der Waals surface area contributed by atoms with E-state index in [1.54, 1.807) is 6.07 Å². The van der Waals surface area contributed by atoms with E-state index in [0.717, 1.165) is 19.3 Å². The third-order valence-electron chi connectivity index (χ3n) is 4.45. The van der Waals surface area contributed by atoms with Gasteiger partial charge in [-0.05, 0) is 37.0 Å². The Balaban J connectivity index is 2.34. The van der Waals surface area contributed by atoms with Gasteiger partial charge in [0.25, 0.3) is 5.91 Å². The topological polar surface area (TPSA) is 81.1 Å². The van der Waals surface area contributed by atoms with Gasteiger partial charge in [-0.15, -0.1) is 0 Å². The van der Waals surface area contributed by atoms with E-state index in [1.807, 2.05) is 0 Å². The minimum Gasteiger partial charge on any atom is -0.377 e. The van der Waals surface area contributed by atoms with Crippen LogP contribution in [0, 0.1) is 11.7 Å². The normalized spacial score (nSPS) is 26.2. The van der Waals surface area contributed by atoms with Gasteiger partial charge in [-0.1, -0.05) is 19.8 Å². The minimum atomic E-state index is -0.636. The van der Waals surface area contributed by atoms with Crippen LogP contribution in [0.3, 0.4) is 0 Å². The maximum Gasteiger partial charge on any atom is 0.250 e. The molecular weight excluding hydrogens is 257 g/mol. The monoisotopic (exact) mass is 279 g/mol. The van der Waals surface area contributed by atoms with E-state index in [1.165, 1.54) is 18.6 Å². The van der Waals surface area contributed by atoms with E-state index < -0.39 is 11.7 Å². The summed E-state index contributed by atoms with van der Waals surface area (Å²) in [5, 5.41) is 3.38. The molecule has 4 nitrogen and oxygen atoms in total. The molecule has 1 aromatic carbocycles. The highest BCUT2D eigenvalue weighted by atomic mass is 19.1. The quantitative estimate of drug-likeness (QED) is 0.790. The molecule has 0 heterocycles. The van der Waals surface area contributed by atoms with Crippen molar-refractivity contribution in [1.82, 2.24) is 0 Å². The summed E-state index contributed by atoms with van der Waals surface area (Å²) in [5.74, 6) is -0.711. The van der Waals surface area contributed by atoms with E-state index in [-0.39, 0.29) is 11.1 Å². The average Bonchev–Trinajstić information content (AvgIpc) is 2.43. The molecule has 0 saturated heterocycles. The number of carbonyl (C=O) groups excluding carboxylic acids is 1. The fourth-order valence-electron chi connectivity index (χ4n) is 3.05. The van der Waals surface area contributed by atoms with Gasteiger partial charge < -0.3 is 16.8 Å². The lowest BCUT2D eigenvalue weighted by molar-refractivity contribution is 0.100. The van der Waals surface area contributed by atoms with Crippen molar-refractivity contribution in [2.24, 2.45) is 17.4 Å². The molecule has 0 radical (unpaired) electrons. The predicted molar refractivity (Wildman–Crippen MR) is 78.0 cm³/mol. The number of nitrogens with one attached hydrogen (secondary N) is 1. The van der Waals surface area contributed by atoms with Gasteiger partial charge in [0, 0.05) is 12.2 Å². The third kappa shape index (κ3) is 2.77. The first-order valence-electron chi connectivity index (χ1n) is 7.06. The second kappa shape index (κ2) is 5.79. The van der Waals surface area contributed by atoms with Gasteiger partial charge in [0.1, 0.15) is 5.82 Å². The van der Waals surface area contributed by atoms with Crippen LogP contribution in [-0.2, 0) is 0 Å². The zero-order valence-electron chi connectivity index (χ0n) is 11.8. The van der Waals surface area contributed by atoms with Gasteiger partial charge in [-0.3, -0.25) is 4.79 Å². The summed E-state index contributed by atoms with van der Waals surface area (Å²) < 4.78 is 13.3. The van der Waals surface area contributed by atoms with Gasteiger partial charge >= 0.3 is 0 Å². The Morgan fingerprint density at radius 1 is 1.50 bits per heavy atom. The van der Waals surface area contributed by atoms with Crippen molar-refractivity contribution in [1.29, 1.82) is 0 Å². The average molecular weight is 279 g/mol. The summed E-state index contributed by atoms with van der Waals surface area (Å²) in [7, 11) is 0. The maximum absolute atomic E-state index is 13.3. The van der Waals surface area contributed by atoms with Crippen molar-refractivity contribution >= 4 is 11.6 Å². The summed E-state index contributed by atoms with van der Waals surface area (Å²) in [6.07, 6.45) is 4.33. The molecule has 1 saturated carbocycles. The van der Waals surface area contributed by atoms with Crippen molar-refractivity contribution in [2.45, 2.75) is 38.1 Å². The highest BCUT2D eigenvalue weighted by molar-refractivity contribution is 5.98. The molecule has 2 rings (SSSR count). The van der Waals surface area contributed by atoms with Gasteiger partial charge in [0.05, 0.1) is 11.1 Å². The lowest BCUT2D eigenvalue weighted by Gasteiger charge is -2.43. The maximum atomic E-state index is 13.3. The number of hydrogen-bond donors (Lipinski definition) is 3. The molecule has 1 aliphatic rings. The number of primary amides is 1. The molecule has 0 aliphatic heterocycles. The summed E-state index contributed by atoms with van der Waals surface area (Å²) >= 11 is 0. The predicted octanol–water partition coefficient (Wildman–Crippen LogP) is 2.24. The molecule has 2 unspecified atom stereocenters. The van der Waals surface area contributed by atoms with Crippen LogP contribution in [0.2, 0.25) is 0 Å². The van der Waals surface area contributed by atoms with E-state index >= 15 is 0 Å². The SMILES string of the molecule is CC1CCCCC1(CN)Nc1ccc(F)cc1C(N)=O. The second-order valence-electron chi connectivity index (χ2n) is 5.69. The number of amides is 1. The zero-order chi connectivity index (χ0) is 14.8. The van der Waals surface area contributed by atoms with E-state index in [0.29, 0.717) is 18.2 Å². The second-order valence-corrected chi connectivity index (χ2v) is 5.69. The number of halogens is 1. The van der Waals surface area contributed by atoms with Gasteiger partial charge in [0.15, 0.2) is 0 Å². The Hall–Kier alpha value is -1.62. The van der Waals surface area contributed by atoms with Crippen molar-refractivity contribution in [2.75, 3.05) is 11.9 Å². The summed E-state index contributed by atoms with van der Waals surface area (Å²) in [5.41, 5.74) is 11.8. The number of rotatable bonds is 4. The van der Waals surface area contributed by atoms with Crippen LogP contribution in [0.4, 0.5) is 10.1 Å². The smallest absolute Gasteiger partial charge is 0.250 e. The summed E-state index contributed by atoms with van der Waals surface area (Å²) in [4.78, 5) is 11.5. The van der Waals surface area contributed by atoms with Crippen LogP contribution in [0.5, 0.6) is 0 Å². The van der Waals surface area contributed by atoms with Crippen molar-refractivity contribution in [3.63, 3.8) is 0 Å². The van der Waals surface area contributed by atoms with Crippen LogP contribution in [-0.4, -0.2) is 18.0 Å². The van der Waals surface area contributed by atoms with Gasteiger partial charge in [-0.25, -0.2) is 4.39 Å². The van der Waals surface area contributed by atoms with Gasteiger partial charge in [-0.2, -0.15) is 0 Å². The summed E-state index contributed by atoms with van der Waals surface area (Å²) in [6, 6.07) is 4.06. The van der Waals surface area contributed by atoms with Crippen LogP contribution in [0.1, 0.15) is 43.0 Å². The molecule has 0 bridgehead atoms. The molecule has 5 N–H and O–H groups in total. The molecule has 20 heavy (non-hydrogen) atoms. The van der Waals surface area contributed by atoms with E-state index in [2.05, 4.69) is 12.2 Å². The molecule has 110 valence electrons. The fraction of sp³-hybridized carbons (Fsp3) is 0.533. The molecule has 1 aliphatic carbocycles. The molecule has 0 aromatic heterocycles. The Morgan fingerprint density at radius 3 is 2.85 bits per heavy atom. The molecule has 2 atom stereocenters. The summed E-state index contributed by atoms with van der Waals surface area (Å²) in [6.45, 7) is 2.64. The first-order chi connectivity index (χ1) is 9.48. The lowest BCUT2D eigenvalue weighted by atomic mass is 9.73. The van der Waals surface area contributed by atoms with Crippen molar-refractivity contribution in [3.8, 4) is 0 Å². The lowest BCUT2D eigenvalue weighted by Crippen LogP contribution is -2.52. The Morgan fingerprint density at radius 2 is 2.25 bits per heavy atom. The number of nitrogens with two attached hydrogens (primary N) is 2. The minimum absolute atomic E-state index is 0.176. The Kier molecular flexibility index (Phi) is 4.28. The molecule has 0 spiro atoms. The molecule has 5 heteroatoms. The number of carbonyl (C=O) groups is 1. The third-order valence-corrected chi connectivity index (χ3v) is 4.45. The first-order valence-corrected chi connectivity index (χ1v) is 7.06. The number of hydrogen-bond acceptors (Lipinski definition) is 3. The molecule has 1 amide bonds.